The van der Waals surface area contributed by atoms with Gasteiger partial charge in [0.05, 0.1) is 17.5 Å². The lowest BCUT2D eigenvalue weighted by Crippen LogP contribution is -2.45. The maximum atomic E-state index is 12.8. The second kappa shape index (κ2) is 6.76. The average Bonchev–Trinajstić information content (AvgIpc) is 2.44. The number of carbonyl (C=O) groups excluding carboxylic acids is 1. The Hall–Kier alpha value is -1.79. The monoisotopic (exact) mass is 330 g/mol. The summed E-state index contributed by atoms with van der Waals surface area (Å²) in [5, 5.41) is 0. The number of anilines is 1. The Balaban J connectivity index is 2.39. The van der Waals surface area contributed by atoms with Gasteiger partial charge in [0, 0.05) is 6.04 Å². The molecule has 0 aliphatic carbocycles. The van der Waals surface area contributed by atoms with E-state index in [4.69, 9.17) is 4.74 Å². The van der Waals surface area contributed by atoms with Gasteiger partial charge in [-0.3, -0.25) is 4.90 Å². The maximum absolute atomic E-state index is 12.8. The van der Waals surface area contributed by atoms with Crippen molar-refractivity contribution in [2.75, 3.05) is 4.90 Å². The molecule has 0 spiro atoms. The SMILES string of the molecule is CCCC1CCc2nc(C(F)(F)F)ccc2N1C(=O)OC(C)C. The number of fused-ring (bicyclic) bond motifs is 1. The van der Waals surface area contributed by atoms with E-state index in [1.54, 1.807) is 13.8 Å². The highest BCUT2D eigenvalue weighted by Gasteiger charge is 2.37. The number of ether oxygens (including phenoxy) is 1. The Bertz CT molecular complexity index is 573. The Kier molecular flexibility index (Phi) is 5.16. The van der Waals surface area contributed by atoms with E-state index in [0.717, 1.165) is 18.9 Å². The van der Waals surface area contributed by atoms with E-state index in [1.165, 1.54) is 11.0 Å². The minimum Gasteiger partial charge on any atom is -0.446 e. The number of hydrogen-bond donors (Lipinski definition) is 0. The summed E-state index contributed by atoms with van der Waals surface area (Å²) in [6.07, 6.45) is -2.65. The molecule has 4 nitrogen and oxygen atoms in total. The number of rotatable bonds is 3. The molecule has 0 saturated carbocycles. The highest BCUT2D eigenvalue weighted by molar-refractivity contribution is 5.89. The van der Waals surface area contributed by atoms with E-state index in [0.29, 0.717) is 24.2 Å². The maximum Gasteiger partial charge on any atom is 0.433 e. The van der Waals surface area contributed by atoms with Crippen LogP contribution >= 0.6 is 0 Å². The van der Waals surface area contributed by atoms with E-state index in [-0.39, 0.29) is 12.1 Å². The third-order valence-electron chi connectivity index (χ3n) is 3.73. The van der Waals surface area contributed by atoms with Crippen molar-refractivity contribution >= 4 is 11.8 Å². The van der Waals surface area contributed by atoms with Crippen LogP contribution in [0.1, 0.15) is 51.4 Å². The Morgan fingerprint density at radius 1 is 1.43 bits per heavy atom. The number of alkyl halides is 3. The van der Waals surface area contributed by atoms with Crippen LogP contribution in [0.2, 0.25) is 0 Å². The van der Waals surface area contributed by atoms with Crippen molar-refractivity contribution in [3.8, 4) is 0 Å². The Labute approximate surface area is 133 Å². The van der Waals surface area contributed by atoms with Crippen LogP contribution in [0.4, 0.5) is 23.7 Å². The molecule has 0 fully saturated rings. The topological polar surface area (TPSA) is 42.4 Å². The Morgan fingerprint density at radius 3 is 2.70 bits per heavy atom. The number of nitrogens with zero attached hydrogens (tertiary/aromatic N) is 2. The summed E-state index contributed by atoms with van der Waals surface area (Å²) in [4.78, 5) is 17.6. The fraction of sp³-hybridized carbons (Fsp3) is 0.625. The van der Waals surface area contributed by atoms with Gasteiger partial charge in [-0.05, 0) is 45.2 Å². The van der Waals surface area contributed by atoms with Gasteiger partial charge in [0.1, 0.15) is 5.69 Å². The van der Waals surface area contributed by atoms with Crippen molar-refractivity contribution in [2.24, 2.45) is 0 Å². The molecule has 1 amide bonds. The van der Waals surface area contributed by atoms with Gasteiger partial charge in [-0.15, -0.1) is 0 Å². The lowest BCUT2D eigenvalue weighted by Gasteiger charge is -2.36. The average molecular weight is 330 g/mol. The van der Waals surface area contributed by atoms with Gasteiger partial charge in [0.2, 0.25) is 0 Å². The summed E-state index contributed by atoms with van der Waals surface area (Å²) < 4.78 is 43.7. The quantitative estimate of drug-likeness (QED) is 0.815. The first kappa shape index (κ1) is 17.6. The van der Waals surface area contributed by atoms with Gasteiger partial charge in [-0.2, -0.15) is 13.2 Å². The lowest BCUT2D eigenvalue weighted by molar-refractivity contribution is -0.141. The molecular formula is C16H21F3N2O2. The van der Waals surface area contributed by atoms with Crippen molar-refractivity contribution in [2.45, 2.75) is 64.8 Å². The van der Waals surface area contributed by atoms with Crippen molar-refractivity contribution in [1.82, 2.24) is 4.98 Å². The lowest BCUT2D eigenvalue weighted by atomic mass is 9.96. The number of hydrogen-bond acceptors (Lipinski definition) is 3. The summed E-state index contributed by atoms with van der Waals surface area (Å²) in [6.45, 7) is 5.48. The largest absolute Gasteiger partial charge is 0.446 e. The third kappa shape index (κ3) is 3.95. The summed E-state index contributed by atoms with van der Waals surface area (Å²) in [7, 11) is 0. The van der Waals surface area contributed by atoms with Crippen molar-refractivity contribution in [1.29, 1.82) is 0 Å². The molecule has 0 radical (unpaired) electrons. The molecule has 1 aliphatic rings. The second-order valence-corrected chi connectivity index (χ2v) is 5.94. The predicted octanol–water partition coefficient (Wildman–Crippen LogP) is 4.57. The molecule has 1 unspecified atom stereocenters. The van der Waals surface area contributed by atoms with E-state index >= 15 is 0 Å². The molecule has 23 heavy (non-hydrogen) atoms. The normalized spacial score (nSPS) is 18.0. The number of amides is 1. The summed E-state index contributed by atoms with van der Waals surface area (Å²) in [6, 6.07) is 2.18. The zero-order valence-corrected chi connectivity index (χ0v) is 13.5. The molecule has 1 atom stereocenters. The molecule has 2 rings (SSSR count). The fourth-order valence-corrected chi connectivity index (χ4v) is 2.80. The molecule has 0 aromatic carbocycles. The number of aryl methyl sites for hydroxylation is 1. The molecule has 7 heteroatoms. The molecule has 0 N–H and O–H groups in total. The van der Waals surface area contributed by atoms with E-state index in [2.05, 4.69) is 4.98 Å². The van der Waals surface area contributed by atoms with Gasteiger partial charge in [0.25, 0.3) is 0 Å². The first-order valence-electron chi connectivity index (χ1n) is 7.81. The van der Waals surface area contributed by atoms with Gasteiger partial charge in [-0.25, -0.2) is 9.78 Å². The number of halogens is 3. The fourth-order valence-electron chi connectivity index (χ4n) is 2.80. The summed E-state index contributed by atoms with van der Waals surface area (Å²) in [5.74, 6) is 0. The number of carbonyl (C=O) groups is 1. The van der Waals surface area contributed by atoms with Crippen LogP contribution in [0.25, 0.3) is 0 Å². The molecule has 0 saturated heterocycles. The number of pyridine rings is 1. The smallest absolute Gasteiger partial charge is 0.433 e. The Morgan fingerprint density at radius 2 is 2.13 bits per heavy atom. The first-order valence-corrected chi connectivity index (χ1v) is 7.81. The second-order valence-electron chi connectivity index (χ2n) is 5.94. The summed E-state index contributed by atoms with van der Waals surface area (Å²) >= 11 is 0. The molecule has 1 aromatic heterocycles. The van der Waals surface area contributed by atoms with Crippen LogP contribution in [-0.2, 0) is 17.3 Å². The van der Waals surface area contributed by atoms with E-state index in [9.17, 15) is 18.0 Å². The van der Waals surface area contributed by atoms with E-state index < -0.39 is 18.0 Å². The summed E-state index contributed by atoms with van der Waals surface area (Å²) in [5.41, 5.74) is -0.205. The molecule has 0 bridgehead atoms. The van der Waals surface area contributed by atoms with Crippen molar-refractivity contribution in [3.63, 3.8) is 0 Å². The molecule has 1 aromatic rings. The minimum atomic E-state index is -4.49. The molecule has 1 aliphatic heterocycles. The molecular weight excluding hydrogens is 309 g/mol. The van der Waals surface area contributed by atoms with Crippen LogP contribution in [0.3, 0.4) is 0 Å². The van der Waals surface area contributed by atoms with Crippen LogP contribution in [0, 0.1) is 0 Å². The van der Waals surface area contributed by atoms with E-state index in [1.807, 2.05) is 6.92 Å². The van der Waals surface area contributed by atoms with Crippen molar-refractivity contribution in [3.05, 3.63) is 23.5 Å². The molecule has 128 valence electrons. The highest BCUT2D eigenvalue weighted by Crippen LogP contribution is 2.35. The third-order valence-corrected chi connectivity index (χ3v) is 3.73. The standard InChI is InChI=1S/C16H21F3N2O2/c1-4-5-11-6-7-12-13(21(11)15(22)23-10(2)3)8-9-14(20-12)16(17,18)19/h8-11H,4-7H2,1-3H3. The van der Waals surface area contributed by atoms with Gasteiger partial charge in [0.15, 0.2) is 0 Å². The van der Waals surface area contributed by atoms with Gasteiger partial charge in [-0.1, -0.05) is 13.3 Å². The zero-order chi connectivity index (χ0) is 17.2. The zero-order valence-electron chi connectivity index (χ0n) is 13.5. The van der Waals surface area contributed by atoms with Crippen LogP contribution in [-0.4, -0.2) is 23.2 Å². The van der Waals surface area contributed by atoms with Crippen molar-refractivity contribution < 1.29 is 22.7 Å². The predicted molar refractivity (Wildman–Crippen MR) is 80.4 cm³/mol. The van der Waals surface area contributed by atoms with Crippen LogP contribution in [0.15, 0.2) is 12.1 Å². The first-order chi connectivity index (χ1) is 10.7. The minimum absolute atomic E-state index is 0.0720. The molecule has 2 heterocycles. The number of aromatic nitrogens is 1. The highest BCUT2D eigenvalue weighted by atomic mass is 19.4. The van der Waals surface area contributed by atoms with Gasteiger partial charge >= 0.3 is 12.3 Å². The van der Waals surface area contributed by atoms with Crippen LogP contribution < -0.4 is 4.90 Å². The van der Waals surface area contributed by atoms with Gasteiger partial charge < -0.3 is 4.74 Å². The van der Waals surface area contributed by atoms with Crippen LogP contribution in [0.5, 0.6) is 0 Å².